The van der Waals surface area contributed by atoms with Gasteiger partial charge in [-0.2, -0.15) is 0 Å². The summed E-state index contributed by atoms with van der Waals surface area (Å²) < 4.78 is 13.2. The van der Waals surface area contributed by atoms with E-state index in [0.717, 1.165) is 0 Å². The van der Waals surface area contributed by atoms with E-state index in [-0.39, 0.29) is 12.3 Å². The summed E-state index contributed by atoms with van der Waals surface area (Å²) in [5.41, 5.74) is 7.06. The molecule has 0 radical (unpaired) electrons. The van der Waals surface area contributed by atoms with E-state index in [4.69, 9.17) is 15.2 Å². The standard InChI is InChI=1S/C14H21N5O2/c1-4-6-20-7-5-11(21-10(2)3)19-9-18-12-13(15)16-8-17-14(12)19/h4,8-11H,1,5-7H2,2-3H3,(H2,15,16,17)/t11-/m0/s1. The van der Waals surface area contributed by atoms with Crippen molar-refractivity contribution in [1.29, 1.82) is 0 Å². The minimum atomic E-state index is -0.214. The molecular formula is C14H21N5O2. The third kappa shape index (κ3) is 3.77. The van der Waals surface area contributed by atoms with E-state index in [1.165, 1.54) is 6.33 Å². The minimum Gasteiger partial charge on any atom is -0.382 e. The Morgan fingerprint density at radius 1 is 1.38 bits per heavy atom. The molecule has 0 amide bonds. The van der Waals surface area contributed by atoms with Gasteiger partial charge in [0.2, 0.25) is 0 Å². The molecule has 21 heavy (non-hydrogen) atoms. The van der Waals surface area contributed by atoms with Gasteiger partial charge in [-0.15, -0.1) is 6.58 Å². The van der Waals surface area contributed by atoms with Gasteiger partial charge in [0.05, 0.1) is 25.6 Å². The van der Waals surface area contributed by atoms with E-state index in [2.05, 4.69) is 21.5 Å². The summed E-state index contributed by atoms with van der Waals surface area (Å²) in [5, 5.41) is 0. The maximum Gasteiger partial charge on any atom is 0.167 e. The van der Waals surface area contributed by atoms with E-state index in [0.29, 0.717) is 36.6 Å². The highest BCUT2D eigenvalue weighted by atomic mass is 16.5. The predicted molar refractivity (Wildman–Crippen MR) is 80.6 cm³/mol. The Morgan fingerprint density at radius 2 is 2.19 bits per heavy atom. The van der Waals surface area contributed by atoms with Crippen LogP contribution in [0.5, 0.6) is 0 Å². The highest BCUT2D eigenvalue weighted by Gasteiger charge is 2.18. The quantitative estimate of drug-likeness (QED) is 0.590. The molecule has 0 saturated carbocycles. The smallest absolute Gasteiger partial charge is 0.167 e. The Labute approximate surface area is 123 Å². The Hall–Kier alpha value is -1.99. The number of fused-ring (bicyclic) bond motifs is 1. The summed E-state index contributed by atoms with van der Waals surface area (Å²) >= 11 is 0. The first-order valence-corrected chi connectivity index (χ1v) is 6.90. The molecule has 1 atom stereocenters. The van der Waals surface area contributed by atoms with Crippen molar-refractivity contribution in [2.75, 3.05) is 18.9 Å². The third-order valence-electron chi connectivity index (χ3n) is 2.87. The van der Waals surface area contributed by atoms with E-state index in [1.807, 2.05) is 18.4 Å². The number of anilines is 1. The van der Waals surface area contributed by atoms with Gasteiger partial charge in [0.1, 0.15) is 18.1 Å². The number of ether oxygens (including phenoxy) is 2. The molecule has 2 rings (SSSR count). The van der Waals surface area contributed by atoms with E-state index in [9.17, 15) is 0 Å². The normalized spacial score (nSPS) is 12.9. The van der Waals surface area contributed by atoms with Crippen molar-refractivity contribution in [3.63, 3.8) is 0 Å². The summed E-state index contributed by atoms with van der Waals surface area (Å²) in [6.45, 7) is 8.68. The fraction of sp³-hybridized carbons (Fsp3) is 0.500. The first kappa shape index (κ1) is 15.4. The maximum atomic E-state index is 5.94. The molecule has 7 nitrogen and oxygen atoms in total. The molecule has 0 spiro atoms. The van der Waals surface area contributed by atoms with Crippen LogP contribution in [0.1, 0.15) is 26.5 Å². The Kier molecular flexibility index (Phi) is 5.24. The molecule has 0 aromatic carbocycles. The highest BCUT2D eigenvalue weighted by molar-refractivity contribution is 5.81. The molecule has 2 heterocycles. The SMILES string of the molecule is C=CCOCC[C@H](OC(C)C)n1cnc2c(N)ncnc21. The molecule has 0 aliphatic carbocycles. The largest absolute Gasteiger partial charge is 0.382 e. The van der Waals surface area contributed by atoms with Gasteiger partial charge in [0.25, 0.3) is 0 Å². The van der Waals surface area contributed by atoms with Crippen LogP contribution < -0.4 is 5.73 Å². The second kappa shape index (κ2) is 7.14. The molecule has 0 bridgehead atoms. The summed E-state index contributed by atoms with van der Waals surface area (Å²) in [6.07, 6.45) is 5.37. The van der Waals surface area contributed by atoms with Crippen LogP contribution in [0, 0.1) is 0 Å². The van der Waals surface area contributed by atoms with E-state index >= 15 is 0 Å². The monoisotopic (exact) mass is 291 g/mol. The van der Waals surface area contributed by atoms with Crippen molar-refractivity contribution in [2.24, 2.45) is 0 Å². The van der Waals surface area contributed by atoms with Crippen molar-refractivity contribution in [2.45, 2.75) is 32.6 Å². The van der Waals surface area contributed by atoms with Crippen molar-refractivity contribution >= 4 is 17.0 Å². The zero-order chi connectivity index (χ0) is 15.2. The zero-order valence-electron chi connectivity index (χ0n) is 12.4. The van der Waals surface area contributed by atoms with Gasteiger partial charge in [-0.05, 0) is 13.8 Å². The average molecular weight is 291 g/mol. The van der Waals surface area contributed by atoms with Gasteiger partial charge < -0.3 is 15.2 Å². The van der Waals surface area contributed by atoms with Crippen LogP contribution in [0.15, 0.2) is 25.3 Å². The number of hydrogen-bond donors (Lipinski definition) is 1. The van der Waals surface area contributed by atoms with Crippen molar-refractivity contribution in [3.05, 3.63) is 25.3 Å². The Balaban J connectivity index is 2.21. The summed E-state index contributed by atoms with van der Waals surface area (Å²) in [5.74, 6) is 0.366. The predicted octanol–water partition coefficient (Wildman–Crippen LogP) is 1.92. The molecule has 2 N–H and O–H groups in total. The lowest BCUT2D eigenvalue weighted by molar-refractivity contribution is -0.0518. The van der Waals surface area contributed by atoms with Crippen LogP contribution in [0.2, 0.25) is 0 Å². The van der Waals surface area contributed by atoms with Crippen LogP contribution in [0.25, 0.3) is 11.2 Å². The van der Waals surface area contributed by atoms with Gasteiger partial charge in [-0.1, -0.05) is 6.08 Å². The molecule has 0 saturated heterocycles. The number of aromatic nitrogens is 4. The van der Waals surface area contributed by atoms with Crippen LogP contribution in [0.3, 0.4) is 0 Å². The minimum absolute atomic E-state index is 0.0750. The molecule has 0 fully saturated rings. The first-order chi connectivity index (χ1) is 10.1. The molecular weight excluding hydrogens is 270 g/mol. The molecule has 2 aromatic heterocycles. The highest BCUT2D eigenvalue weighted by Crippen LogP contribution is 2.23. The number of hydrogen-bond acceptors (Lipinski definition) is 6. The number of nitrogens with zero attached hydrogens (tertiary/aromatic N) is 4. The average Bonchev–Trinajstić information content (AvgIpc) is 2.87. The second-order valence-electron chi connectivity index (χ2n) is 4.87. The van der Waals surface area contributed by atoms with Crippen molar-refractivity contribution < 1.29 is 9.47 Å². The molecule has 0 unspecified atom stereocenters. The Bertz CT molecular complexity index is 596. The fourth-order valence-electron chi connectivity index (χ4n) is 2.02. The van der Waals surface area contributed by atoms with Gasteiger partial charge in [0.15, 0.2) is 11.5 Å². The summed E-state index contributed by atoms with van der Waals surface area (Å²) in [7, 11) is 0. The lowest BCUT2D eigenvalue weighted by Crippen LogP contribution is -2.19. The van der Waals surface area contributed by atoms with E-state index < -0.39 is 0 Å². The van der Waals surface area contributed by atoms with Crippen LogP contribution in [-0.4, -0.2) is 38.8 Å². The lowest BCUT2D eigenvalue weighted by Gasteiger charge is -2.22. The number of nitrogens with two attached hydrogens (primary N) is 1. The van der Waals surface area contributed by atoms with Crippen molar-refractivity contribution in [3.8, 4) is 0 Å². The number of nitrogen functional groups attached to an aromatic ring is 1. The van der Waals surface area contributed by atoms with Gasteiger partial charge in [-0.25, -0.2) is 15.0 Å². The summed E-state index contributed by atoms with van der Waals surface area (Å²) in [4.78, 5) is 12.5. The van der Waals surface area contributed by atoms with Crippen LogP contribution >= 0.6 is 0 Å². The first-order valence-electron chi connectivity index (χ1n) is 6.90. The molecule has 114 valence electrons. The zero-order valence-corrected chi connectivity index (χ0v) is 12.4. The molecule has 0 aliphatic rings. The van der Waals surface area contributed by atoms with Crippen LogP contribution in [-0.2, 0) is 9.47 Å². The third-order valence-corrected chi connectivity index (χ3v) is 2.87. The number of imidazole rings is 1. The Morgan fingerprint density at radius 3 is 2.90 bits per heavy atom. The van der Waals surface area contributed by atoms with Gasteiger partial charge in [0, 0.05) is 6.42 Å². The summed E-state index contributed by atoms with van der Waals surface area (Å²) in [6, 6.07) is 0. The second-order valence-corrected chi connectivity index (χ2v) is 4.87. The molecule has 0 aliphatic heterocycles. The van der Waals surface area contributed by atoms with Crippen molar-refractivity contribution in [1.82, 2.24) is 19.5 Å². The van der Waals surface area contributed by atoms with Gasteiger partial charge in [-0.3, -0.25) is 4.57 Å². The number of rotatable bonds is 8. The fourth-order valence-corrected chi connectivity index (χ4v) is 2.02. The molecule has 2 aromatic rings. The van der Waals surface area contributed by atoms with E-state index in [1.54, 1.807) is 12.4 Å². The topological polar surface area (TPSA) is 88.1 Å². The maximum absolute atomic E-state index is 5.94. The lowest BCUT2D eigenvalue weighted by atomic mass is 10.3. The van der Waals surface area contributed by atoms with Gasteiger partial charge >= 0.3 is 0 Å². The molecule has 7 heteroatoms. The van der Waals surface area contributed by atoms with Crippen LogP contribution in [0.4, 0.5) is 5.82 Å².